The second kappa shape index (κ2) is 8.61. The molecule has 1 amide bonds. The maximum Gasteiger partial charge on any atom is 0.259 e. The maximum atomic E-state index is 13.1. The highest BCUT2D eigenvalue weighted by atomic mass is 35.5. The van der Waals surface area contributed by atoms with Crippen LogP contribution in [0.3, 0.4) is 0 Å². The van der Waals surface area contributed by atoms with Crippen molar-refractivity contribution in [3.05, 3.63) is 88.4 Å². The van der Waals surface area contributed by atoms with E-state index in [1.165, 1.54) is 0 Å². The highest BCUT2D eigenvalue weighted by Crippen LogP contribution is 2.30. The Morgan fingerprint density at radius 2 is 1.57 bits per heavy atom. The SMILES string of the molecule is COc1ccc2cc(C(=O)Nc3ccccc3Cl)c(Nc3ccccc3Cl)nc2c1. The molecule has 0 spiro atoms. The molecule has 3 aromatic carbocycles. The lowest BCUT2D eigenvalue weighted by molar-refractivity contribution is 0.102. The number of methoxy groups -OCH3 is 1. The fraction of sp³-hybridized carbons (Fsp3) is 0.0435. The number of ether oxygens (including phenoxy) is 1. The molecule has 4 rings (SSSR count). The highest BCUT2D eigenvalue weighted by molar-refractivity contribution is 6.34. The lowest BCUT2D eigenvalue weighted by Crippen LogP contribution is -2.15. The van der Waals surface area contributed by atoms with Crippen LogP contribution in [0.1, 0.15) is 10.4 Å². The van der Waals surface area contributed by atoms with Crippen molar-refractivity contribution in [2.24, 2.45) is 0 Å². The minimum absolute atomic E-state index is 0.345. The summed E-state index contributed by atoms with van der Waals surface area (Å²) >= 11 is 12.5. The Bertz CT molecular complexity index is 1240. The van der Waals surface area contributed by atoms with Gasteiger partial charge in [0.05, 0.1) is 39.6 Å². The molecule has 7 heteroatoms. The average molecular weight is 438 g/mol. The predicted octanol–water partition coefficient (Wildman–Crippen LogP) is 6.55. The van der Waals surface area contributed by atoms with Gasteiger partial charge in [0.15, 0.2) is 0 Å². The van der Waals surface area contributed by atoms with Crippen molar-refractivity contribution in [3.8, 4) is 5.75 Å². The number of benzene rings is 3. The van der Waals surface area contributed by atoms with Gasteiger partial charge in [-0.25, -0.2) is 4.98 Å². The van der Waals surface area contributed by atoms with Crippen LogP contribution < -0.4 is 15.4 Å². The van der Waals surface area contributed by atoms with E-state index in [1.807, 2.05) is 36.4 Å². The van der Waals surface area contributed by atoms with Gasteiger partial charge in [0, 0.05) is 11.5 Å². The number of anilines is 3. The third-order valence-electron chi connectivity index (χ3n) is 4.52. The van der Waals surface area contributed by atoms with Gasteiger partial charge < -0.3 is 15.4 Å². The minimum Gasteiger partial charge on any atom is -0.497 e. The molecule has 0 aliphatic heterocycles. The Hall–Kier alpha value is -3.28. The molecule has 0 atom stereocenters. The van der Waals surface area contributed by atoms with Crippen LogP contribution in [0.2, 0.25) is 10.0 Å². The van der Waals surface area contributed by atoms with Gasteiger partial charge in [-0.1, -0.05) is 47.5 Å². The van der Waals surface area contributed by atoms with Gasteiger partial charge in [0.2, 0.25) is 0 Å². The van der Waals surface area contributed by atoms with Crippen molar-refractivity contribution < 1.29 is 9.53 Å². The molecule has 0 radical (unpaired) electrons. The first-order chi connectivity index (χ1) is 14.5. The van der Waals surface area contributed by atoms with E-state index in [2.05, 4.69) is 15.6 Å². The number of amides is 1. The van der Waals surface area contributed by atoms with E-state index in [0.29, 0.717) is 44.1 Å². The Morgan fingerprint density at radius 1 is 0.900 bits per heavy atom. The number of pyridine rings is 1. The van der Waals surface area contributed by atoms with Gasteiger partial charge in [0.1, 0.15) is 11.6 Å². The summed E-state index contributed by atoms with van der Waals surface area (Å²) in [6.07, 6.45) is 0. The summed E-state index contributed by atoms with van der Waals surface area (Å²) in [6.45, 7) is 0. The van der Waals surface area contributed by atoms with E-state index in [1.54, 1.807) is 43.5 Å². The van der Waals surface area contributed by atoms with Crippen LogP contribution in [0.25, 0.3) is 10.9 Å². The summed E-state index contributed by atoms with van der Waals surface area (Å²) < 4.78 is 5.29. The summed E-state index contributed by atoms with van der Waals surface area (Å²) in [4.78, 5) is 17.8. The van der Waals surface area contributed by atoms with Crippen LogP contribution in [0, 0.1) is 0 Å². The molecule has 150 valence electrons. The van der Waals surface area contributed by atoms with Crippen molar-refractivity contribution >= 4 is 57.2 Å². The smallest absolute Gasteiger partial charge is 0.259 e. The topological polar surface area (TPSA) is 63.2 Å². The molecule has 0 aliphatic carbocycles. The second-order valence-corrected chi connectivity index (χ2v) is 7.30. The number of carbonyl (C=O) groups is 1. The fourth-order valence-corrected chi connectivity index (χ4v) is 3.35. The lowest BCUT2D eigenvalue weighted by atomic mass is 10.1. The maximum absolute atomic E-state index is 13.1. The molecular weight excluding hydrogens is 421 g/mol. The van der Waals surface area contributed by atoms with E-state index >= 15 is 0 Å². The molecule has 0 unspecified atom stereocenters. The molecule has 0 aliphatic rings. The summed E-state index contributed by atoms with van der Waals surface area (Å²) in [7, 11) is 1.59. The number of nitrogens with zero attached hydrogens (tertiary/aromatic N) is 1. The van der Waals surface area contributed by atoms with Crippen LogP contribution in [0.5, 0.6) is 5.75 Å². The summed E-state index contributed by atoms with van der Waals surface area (Å²) in [5.41, 5.74) is 2.19. The Labute approximate surface area is 183 Å². The van der Waals surface area contributed by atoms with Crippen molar-refractivity contribution in [2.45, 2.75) is 0 Å². The van der Waals surface area contributed by atoms with Gasteiger partial charge in [-0.2, -0.15) is 0 Å². The number of halogens is 2. The molecule has 30 heavy (non-hydrogen) atoms. The van der Waals surface area contributed by atoms with E-state index in [9.17, 15) is 4.79 Å². The summed E-state index contributed by atoms with van der Waals surface area (Å²) in [5.74, 6) is 0.697. The second-order valence-electron chi connectivity index (χ2n) is 6.48. The van der Waals surface area contributed by atoms with Crippen LogP contribution in [0.15, 0.2) is 72.8 Å². The first-order valence-electron chi connectivity index (χ1n) is 9.11. The molecule has 0 saturated carbocycles. The molecule has 4 aromatic rings. The van der Waals surface area contributed by atoms with E-state index in [4.69, 9.17) is 27.9 Å². The van der Waals surface area contributed by atoms with E-state index in [-0.39, 0.29) is 5.91 Å². The Morgan fingerprint density at radius 3 is 2.23 bits per heavy atom. The van der Waals surface area contributed by atoms with Crippen molar-refractivity contribution in [3.63, 3.8) is 0 Å². The molecule has 0 saturated heterocycles. The monoisotopic (exact) mass is 437 g/mol. The van der Waals surface area contributed by atoms with Gasteiger partial charge in [-0.15, -0.1) is 0 Å². The third-order valence-corrected chi connectivity index (χ3v) is 5.18. The van der Waals surface area contributed by atoms with Crippen molar-refractivity contribution in [1.29, 1.82) is 0 Å². The van der Waals surface area contributed by atoms with Crippen LogP contribution in [0.4, 0.5) is 17.2 Å². The van der Waals surface area contributed by atoms with Gasteiger partial charge in [-0.3, -0.25) is 4.79 Å². The number of rotatable bonds is 5. The number of fused-ring (bicyclic) bond motifs is 1. The Balaban J connectivity index is 1.80. The molecule has 0 bridgehead atoms. The largest absolute Gasteiger partial charge is 0.497 e. The van der Waals surface area contributed by atoms with Crippen molar-refractivity contribution in [2.75, 3.05) is 17.7 Å². The number of carbonyl (C=O) groups excluding carboxylic acids is 1. The molecule has 2 N–H and O–H groups in total. The number of hydrogen-bond acceptors (Lipinski definition) is 4. The number of hydrogen-bond donors (Lipinski definition) is 2. The zero-order valence-electron chi connectivity index (χ0n) is 15.9. The third kappa shape index (κ3) is 4.17. The first kappa shape index (κ1) is 20.0. The van der Waals surface area contributed by atoms with Gasteiger partial charge in [-0.05, 0) is 42.5 Å². The number of nitrogens with one attached hydrogen (secondary N) is 2. The highest BCUT2D eigenvalue weighted by Gasteiger charge is 2.17. The van der Waals surface area contributed by atoms with Crippen LogP contribution >= 0.6 is 23.2 Å². The van der Waals surface area contributed by atoms with Crippen molar-refractivity contribution in [1.82, 2.24) is 4.98 Å². The molecular formula is C23H17Cl2N3O2. The quantitative estimate of drug-likeness (QED) is 0.371. The van der Waals surface area contributed by atoms with E-state index < -0.39 is 0 Å². The first-order valence-corrected chi connectivity index (χ1v) is 9.87. The molecule has 5 nitrogen and oxygen atoms in total. The van der Waals surface area contributed by atoms with Crippen LogP contribution in [-0.4, -0.2) is 18.0 Å². The fourth-order valence-electron chi connectivity index (χ4n) is 2.98. The predicted molar refractivity (Wildman–Crippen MR) is 122 cm³/mol. The molecule has 1 heterocycles. The summed E-state index contributed by atoms with van der Waals surface area (Å²) in [5, 5.41) is 7.78. The zero-order chi connectivity index (χ0) is 21.1. The molecule has 1 aromatic heterocycles. The minimum atomic E-state index is -0.345. The number of para-hydroxylation sites is 2. The van der Waals surface area contributed by atoms with Crippen LogP contribution in [-0.2, 0) is 0 Å². The van der Waals surface area contributed by atoms with Gasteiger partial charge in [0.25, 0.3) is 5.91 Å². The average Bonchev–Trinajstić information content (AvgIpc) is 2.76. The van der Waals surface area contributed by atoms with Gasteiger partial charge >= 0.3 is 0 Å². The van der Waals surface area contributed by atoms with E-state index in [0.717, 1.165) is 5.39 Å². The standard InChI is InChI=1S/C23H17Cl2N3O2/c1-30-15-11-10-14-12-16(23(29)28-20-9-5-3-7-18(20)25)22(27-21(14)13-15)26-19-8-4-2-6-17(19)24/h2-13H,1H3,(H,26,27)(H,28,29). The zero-order valence-corrected chi connectivity index (χ0v) is 17.5. The Kier molecular flexibility index (Phi) is 5.74. The lowest BCUT2D eigenvalue weighted by Gasteiger charge is -2.14. The normalized spacial score (nSPS) is 10.6. The molecule has 0 fully saturated rings. The summed E-state index contributed by atoms with van der Waals surface area (Å²) in [6, 6.07) is 21.6. The number of aromatic nitrogens is 1.